The van der Waals surface area contributed by atoms with Crippen molar-refractivity contribution in [2.24, 2.45) is 5.73 Å². The molecule has 1 heterocycles. The van der Waals surface area contributed by atoms with E-state index < -0.39 is 0 Å². The molecule has 0 radical (unpaired) electrons. The summed E-state index contributed by atoms with van der Waals surface area (Å²) in [4.78, 5) is 14.3. The molecule has 2 rings (SSSR count). The van der Waals surface area contributed by atoms with Crippen molar-refractivity contribution in [1.29, 1.82) is 0 Å². The molecular formula is C15H23ClN2OS. The molecule has 0 aromatic heterocycles. The molecule has 0 saturated carbocycles. The molecule has 1 aromatic carbocycles. The molecule has 0 spiro atoms. The predicted octanol–water partition coefficient (Wildman–Crippen LogP) is 2.85. The predicted molar refractivity (Wildman–Crippen MR) is 88.4 cm³/mol. The Morgan fingerprint density at radius 1 is 1.45 bits per heavy atom. The van der Waals surface area contributed by atoms with Gasteiger partial charge in [0.2, 0.25) is 5.91 Å². The Morgan fingerprint density at radius 3 is 2.80 bits per heavy atom. The van der Waals surface area contributed by atoms with E-state index in [2.05, 4.69) is 6.92 Å². The van der Waals surface area contributed by atoms with E-state index >= 15 is 0 Å². The molecule has 5 heteroatoms. The number of benzene rings is 1. The molecule has 0 bridgehead atoms. The molecule has 0 aliphatic carbocycles. The van der Waals surface area contributed by atoms with Crippen LogP contribution in [0.3, 0.4) is 0 Å². The minimum atomic E-state index is -0.191. The van der Waals surface area contributed by atoms with Gasteiger partial charge in [-0.3, -0.25) is 4.79 Å². The van der Waals surface area contributed by atoms with Gasteiger partial charge in [-0.2, -0.15) is 11.8 Å². The lowest BCUT2D eigenvalue weighted by Gasteiger charge is -2.32. The Labute approximate surface area is 131 Å². The molecule has 1 aliphatic heterocycles. The zero-order valence-electron chi connectivity index (χ0n) is 11.8. The Bertz CT molecular complexity index is 416. The monoisotopic (exact) mass is 314 g/mol. The normalized spacial score (nSPS) is 20.1. The maximum Gasteiger partial charge on any atom is 0.224 e. The summed E-state index contributed by atoms with van der Waals surface area (Å²) in [6.07, 6.45) is 1.53. The van der Waals surface area contributed by atoms with E-state index in [-0.39, 0.29) is 24.4 Å². The van der Waals surface area contributed by atoms with Crippen molar-refractivity contribution in [1.82, 2.24) is 4.90 Å². The summed E-state index contributed by atoms with van der Waals surface area (Å²) < 4.78 is 0. The average molecular weight is 315 g/mol. The fourth-order valence-corrected chi connectivity index (χ4v) is 3.51. The first kappa shape index (κ1) is 17.3. The molecule has 1 fully saturated rings. The molecular weight excluding hydrogens is 292 g/mol. The fraction of sp³-hybridized carbons (Fsp3) is 0.533. The van der Waals surface area contributed by atoms with Gasteiger partial charge in [0.1, 0.15) is 0 Å². The van der Waals surface area contributed by atoms with Crippen LogP contribution in [0.25, 0.3) is 0 Å². The van der Waals surface area contributed by atoms with Gasteiger partial charge in [-0.25, -0.2) is 0 Å². The first-order valence-corrected chi connectivity index (χ1v) is 7.95. The smallest absolute Gasteiger partial charge is 0.224 e. The van der Waals surface area contributed by atoms with Gasteiger partial charge in [0.05, 0.1) is 0 Å². The van der Waals surface area contributed by atoms with Gasteiger partial charge in [-0.15, -0.1) is 12.4 Å². The van der Waals surface area contributed by atoms with Gasteiger partial charge in [0.15, 0.2) is 0 Å². The maximum absolute atomic E-state index is 12.3. The molecule has 2 N–H and O–H groups in total. The Morgan fingerprint density at radius 2 is 2.15 bits per heavy atom. The average Bonchev–Trinajstić information content (AvgIpc) is 2.48. The van der Waals surface area contributed by atoms with Crippen molar-refractivity contribution in [3.63, 3.8) is 0 Å². The van der Waals surface area contributed by atoms with Crippen LogP contribution in [0, 0.1) is 0 Å². The number of rotatable bonds is 4. The summed E-state index contributed by atoms with van der Waals surface area (Å²) in [6.45, 7) is 3.92. The molecule has 112 valence electrons. The van der Waals surface area contributed by atoms with Crippen LogP contribution < -0.4 is 5.73 Å². The molecule has 1 aromatic rings. The standard InChI is InChI=1S/C15H22N2OS.ClH/c1-2-13-11-17(8-9-19-13)15(18)10-14(16)12-6-4-3-5-7-12;/h3-7,13-14H,2,8-11,16H2,1H3;1H. The van der Waals surface area contributed by atoms with Gasteiger partial charge < -0.3 is 10.6 Å². The van der Waals surface area contributed by atoms with Crippen molar-refractivity contribution in [2.45, 2.75) is 31.1 Å². The lowest BCUT2D eigenvalue weighted by atomic mass is 10.0. The van der Waals surface area contributed by atoms with Gasteiger partial charge in [-0.1, -0.05) is 37.3 Å². The molecule has 3 nitrogen and oxygen atoms in total. The summed E-state index contributed by atoms with van der Waals surface area (Å²) in [5, 5.41) is 0.589. The van der Waals surface area contributed by atoms with Crippen molar-refractivity contribution in [2.75, 3.05) is 18.8 Å². The van der Waals surface area contributed by atoms with Crippen molar-refractivity contribution in [3.05, 3.63) is 35.9 Å². The second-order valence-electron chi connectivity index (χ2n) is 4.96. The van der Waals surface area contributed by atoms with E-state index in [0.717, 1.165) is 30.8 Å². The van der Waals surface area contributed by atoms with Gasteiger partial charge in [0.25, 0.3) is 0 Å². The first-order chi connectivity index (χ1) is 9.20. The summed E-state index contributed by atoms with van der Waals surface area (Å²) in [7, 11) is 0. The highest BCUT2D eigenvalue weighted by molar-refractivity contribution is 8.00. The van der Waals surface area contributed by atoms with Crippen LogP contribution in [0.15, 0.2) is 30.3 Å². The number of nitrogens with two attached hydrogens (primary N) is 1. The number of halogens is 1. The summed E-state index contributed by atoms with van der Waals surface area (Å²) in [5.41, 5.74) is 7.15. The minimum absolute atomic E-state index is 0. The number of nitrogens with zero attached hydrogens (tertiary/aromatic N) is 1. The van der Waals surface area contributed by atoms with Crippen LogP contribution in [0.1, 0.15) is 31.4 Å². The highest BCUT2D eigenvalue weighted by Gasteiger charge is 2.24. The second kappa shape index (κ2) is 8.55. The maximum atomic E-state index is 12.3. The molecule has 2 atom stereocenters. The molecule has 20 heavy (non-hydrogen) atoms. The largest absolute Gasteiger partial charge is 0.341 e. The van der Waals surface area contributed by atoms with E-state index in [0.29, 0.717) is 11.7 Å². The highest BCUT2D eigenvalue weighted by atomic mass is 35.5. The van der Waals surface area contributed by atoms with E-state index in [1.807, 2.05) is 47.0 Å². The Balaban J connectivity index is 0.00000200. The van der Waals surface area contributed by atoms with Gasteiger partial charge in [0, 0.05) is 36.6 Å². The van der Waals surface area contributed by atoms with Crippen molar-refractivity contribution >= 4 is 30.1 Å². The van der Waals surface area contributed by atoms with Crippen LogP contribution in [0.5, 0.6) is 0 Å². The highest BCUT2D eigenvalue weighted by Crippen LogP contribution is 2.23. The van der Waals surface area contributed by atoms with Gasteiger partial charge >= 0.3 is 0 Å². The third-order valence-corrected chi connectivity index (χ3v) is 4.94. The zero-order chi connectivity index (χ0) is 13.7. The van der Waals surface area contributed by atoms with Crippen molar-refractivity contribution in [3.8, 4) is 0 Å². The Hall–Kier alpha value is -0.710. The number of thioether (sulfide) groups is 1. The summed E-state index contributed by atoms with van der Waals surface area (Å²) in [6, 6.07) is 9.67. The lowest BCUT2D eigenvalue weighted by Crippen LogP contribution is -2.42. The topological polar surface area (TPSA) is 46.3 Å². The number of amides is 1. The number of hydrogen-bond donors (Lipinski definition) is 1. The summed E-state index contributed by atoms with van der Waals surface area (Å²) in [5.74, 6) is 1.24. The van der Waals surface area contributed by atoms with E-state index in [1.165, 1.54) is 0 Å². The minimum Gasteiger partial charge on any atom is -0.341 e. The first-order valence-electron chi connectivity index (χ1n) is 6.90. The summed E-state index contributed by atoms with van der Waals surface area (Å²) >= 11 is 1.97. The van der Waals surface area contributed by atoms with Crippen LogP contribution in [-0.2, 0) is 4.79 Å². The van der Waals surface area contributed by atoms with Crippen molar-refractivity contribution < 1.29 is 4.79 Å². The third kappa shape index (κ3) is 4.69. The molecule has 2 unspecified atom stereocenters. The molecule has 1 saturated heterocycles. The van der Waals surface area contributed by atoms with Crippen LogP contribution in [0.4, 0.5) is 0 Å². The fourth-order valence-electron chi connectivity index (χ4n) is 2.33. The Kier molecular flexibility index (Phi) is 7.41. The quantitative estimate of drug-likeness (QED) is 0.929. The second-order valence-corrected chi connectivity index (χ2v) is 6.37. The molecule has 1 aliphatic rings. The zero-order valence-corrected chi connectivity index (χ0v) is 13.5. The molecule has 1 amide bonds. The van der Waals surface area contributed by atoms with Crippen LogP contribution >= 0.6 is 24.2 Å². The van der Waals surface area contributed by atoms with Crippen LogP contribution in [0.2, 0.25) is 0 Å². The van der Waals surface area contributed by atoms with E-state index in [1.54, 1.807) is 0 Å². The third-order valence-electron chi connectivity index (χ3n) is 3.57. The van der Waals surface area contributed by atoms with E-state index in [4.69, 9.17) is 5.73 Å². The SMILES string of the molecule is CCC1CN(C(=O)CC(N)c2ccccc2)CCS1.Cl. The van der Waals surface area contributed by atoms with Gasteiger partial charge in [-0.05, 0) is 12.0 Å². The lowest BCUT2D eigenvalue weighted by molar-refractivity contribution is -0.131. The van der Waals surface area contributed by atoms with Crippen LogP contribution in [-0.4, -0.2) is 34.9 Å². The number of hydrogen-bond acceptors (Lipinski definition) is 3. The van der Waals surface area contributed by atoms with E-state index in [9.17, 15) is 4.79 Å². The number of carbonyl (C=O) groups is 1. The number of carbonyl (C=O) groups excluding carboxylic acids is 1.